The zero-order chi connectivity index (χ0) is 4.41. The summed E-state index contributed by atoms with van der Waals surface area (Å²) in [6, 6.07) is 0. The van der Waals surface area contributed by atoms with Gasteiger partial charge in [-0.2, -0.15) is 0 Å². The average Bonchev–Trinajstić information content (AvgIpc) is 2.21. The molecule has 0 atom stereocenters. The fraction of sp³-hybridized carbons (Fsp3) is 1.00. The molecule has 1 aliphatic heterocycles. The Labute approximate surface area is 37.9 Å². The largest absolute Gasteiger partial charge is 0.238 e. The maximum absolute atomic E-state index is 2.99. The minimum absolute atomic E-state index is 0.648. The molecule has 1 aliphatic rings. The summed E-state index contributed by atoms with van der Waals surface area (Å²) in [4.78, 5) is 0. The molecule has 2 N–H and O–H groups in total. The lowest BCUT2D eigenvalue weighted by Crippen LogP contribution is -1.87. The first-order valence-corrected chi connectivity index (χ1v) is 2.44. The highest BCUT2D eigenvalue weighted by Crippen LogP contribution is 1.96. The second-order valence-corrected chi connectivity index (χ2v) is 1.63. The van der Waals surface area contributed by atoms with Gasteiger partial charge in [0.05, 0.1) is 6.17 Å². The average molecular weight is 86.1 g/mol. The number of rotatable bonds is 2. The highest BCUT2D eigenvalue weighted by molar-refractivity contribution is 4.68. The summed E-state index contributed by atoms with van der Waals surface area (Å²) in [6.07, 6.45) is 3.18. The fourth-order valence-corrected chi connectivity index (χ4v) is 0.492. The predicted octanol–water partition coefficient (Wildman–Crippen LogP) is 0.220. The third kappa shape index (κ3) is 0.954. The third-order valence-electron chi connectivity index (χ3n) is 0.926. The molecule has 0 amide bonds. The second-order valence-electron chi connectivity index (χ2n) is 1.63. The number of hydrazine groups is 1. The van der Waals surface area contributed by atoms with Crippen molar-refractivity contribution in [3.63, 3.8) is 0 Å². The summed E-state index contributed by atoms with van der Waals surface area (Å²) in [5.41, 5.74) is 5.97. The quantitative estimate of drug-likeness (QED) is 0.472. The van der Waals surface area contributed by atoms with E-state index in [4.69, 9.17) is 0 Å². The van der Waals surface area contributed by atoms with E-state index >= 15 is 0 Å². The van der Waals surface area contributed by atoms with Crippen LogP contribution in [0.3, 0.4) is 0 Å². The van der Waals surface area contributed by atoms with Crippen LogP contribution in [0.15, 0.2) is 0 Å². The number of hydrogen-bond acceptors (Lipinski definition) is 2. The standard InChI is InChI=1S/C4H10N2/c1-2-3-4-5-6-4/h4-6H,2-3H2,1H3. The first-order chi connectivity index (χ1) is 2.93. The normalized spacial score (nSPS) is 21.5. The van der Waals surface area contributed by atoms with Crippen molar-refractivity contribution in [2.24, 2.45) is 0 Å². The molecular formula is C4H10N2. The summed E-state index contributed by atoms with van der Waals surface area (Å²) in [5.74, 6) is 0. The first kappa shape index (κ1) is 4.09. The van der Waals surface area contributed by atoms with Gasteiger partial charge >= 0.3 is 0 Å². The Kier molecular flexibility index (Phi) is 1.08. The molecule has 2 heteroatoms. The number of nitrogens with one attached hydrogen (secondary N) is 2. The molecule has 36 valence electrons. The molecule has 0 saturated carbocycles. The zero-order valence-electron chi connectivity index (χ0n) is 3.99. The van der Waals surface area contributed by atoms with Gasteiger partial charge < -0.3 is 0 Å². The molecule has 0 aliphatic carbocycles. The van der Waals surface area contributed by atoms with Crippen LogP contribution in [0.2, 0.25) is 0 Å². The maximum Gasteiger partial charge on any atom is 0.0832 e. The summed E-state index contributed by atoms with van der Waals surface area (Å²) >= 11 is 0. The van der Waals surface area contributed by atoms with Crippen molar-refractivity contribution in [3.05, 3.63) is 0 Å². The van der Waals surface area contributed by atoms with E-state index in [1.54, 1.807) is 0 Å². The molecule has 0 radical (unpaired) electrons. The molecule has 1 saturated heterocycles. The van der Waals surface area contributed by atoms with Gasteiger partial charge in [0.15, 0.2) is 0 Å². The Morgan fingerprint density at radius 1 is 1.50 bits per heavy atom. The van der Waals surface area contributed by atoms with Crippen molar-refractivity contribution in [1.29, 1.82) is 0 Å². The van der Waals surface area contributed by atoms with Crippen LogP contribution < -0.4 is 10.9 Å². The van der Waals surface area contributed by atoms with Gasteiger partial charge in [0.25, 0.3) is 0 Å². The van der Waals surface area contributed by atoms with Gasteiger partial charge in [-0.25, -0.2) is 10.9 Å². The Morgan fingerprint density at radius 3 is 2.33 bits per heavy atom. The van der Waals surface area contributed by atoms with Crippen LogP contribution in [0, 0.1) is 0 Å². The highest BCUT2D eigenvalue weighted by atomic mass is 15.6. The third-order valence-corrected chi connectivity index (χ3v) is 0.926. The van der Waals surface area contributed by atoms with Gasteiger partial charge in [-0.15, -0.1) is 0 Å². The lowest BCUT2D eigenvalue weighted by atomic mass is 10.3. The lowest BCUT2D eigenvalue weighted by molar-refractivity contribution is 0.765. The molecule has 1 heterocycles. The summed E-state index contributed by atoms with van der Waals surface area (Å²) in [7, 11) is 0. The molecule has 1 rings (SSSR count). The highest BCUT2D eigenvalue weighted by Gasteiger charge is 2.15. The Bertz CT molecular complexity index is 40.8. The summed E-state index contributed by atoms with van der Waals surface area (Å²) in [6.45, 7) is 2.18. The molecule has 0 unspecified atom stereocenters. The molecule has 0 aromatic rings. The molecular weight excluding hydrogens is 76.1 g/mol. The summed E-state index contributed by atoms with van der Waals surface area (Å²) in [5, 5.41) is 0. The van der Waals surface area contributed by atoms with Gasteiger partial charge in [0.1, 0.15) is 0 Å². The van der Waals surface area contributed by atoms with E-state index < -0.39 is 0 Å². The van der Waals surface area contributed by atoms with Crippen molar-refractivity contribution in [1.82, 2.24) is 10.9 Å². The molecule has 1 fully saturated rings. The Balaban J connectivity index is 1.88. The lowest BCUT2D eigenvalue weighted by Gasteiger charge is -1.79. The van der Waals surface area contributed by atoms with Crippen LogP contribution in [0.25, 0.3) is 0 Å². The van der Waals surface area contributed by atoms with E-state index in [0.717, 1.165) is 0 Å². The van der Waals surface area contributed by atoms with Gasteiger partial charge in [-0.1, -0.05) is 13.3 Å². The van der Waals surface area contributed by atoms with Gasteiger partial charge in [-0.3, -0.25) is 0 Å². The van der Waals surface area contributed by atoms with Crippen LogP contribution in [-0.2, 0) is 0 Å². The first-order valence-electron chi connectivity index (χ1n) is 2.44. The van der Waals surface area contributed by atoms with E-state index in [9.17, 15) is 0 Å². The van der Waals surface area contributed by atoms with Crippen LogP contribution in [0.1, 0.15) is 19.8 Å². The molecule has 2 nitrogen and oxygen atoms in total. The van der Waals surface area contributed by atoms with E-state index in [-0.39, 0.29) is 0 Å². The van der Waals surface area contributed by atoms with Gasteiger partial charge in [0, 0.05) is 0 Å². The fourth-order valence-electron chi connectivity index (χ4n) is 0.492. The van der Waals surface area contributed by atoms with Gasteiger partial charge in [0.2, 0.25) is 0 Å². The molecule has 0 spiro atoms. The van der Waals surface area contributed by atoms with Crippen LogP contribution in [0.4, 0.5) is 0 Å². The Hall–Kier alpha value is -0.0800. The van der Waals surface area contributed by atoms with Crippen LogP contribution in [0.5, 0.6) is 0 Å². The minimum Gasteiger partial charge on any atom is -0.238 e. The van der Waals surface area contributed by atoms with Crippen molar-refractivity contribution in [2.45, 2.75) is 25.9 Å². The SMILES string of the molecule is CCCC1NN1. The van der Waals surface area contributed by atoms with Crippen molar-refractivity contribution >= 4 is 0 Å². The molecule has 0 aromatic carbocycles. The van der Waals surface area contributed by atoms with E-state index in [0.29, 0.717) is 6.17 Å². The topological polar surface area (TPSA) is 43.9 Å². The van der Waals surface area contributed by atoms with Crippen LogP contribution >= 0.6 is 0 Å². The summed E-state index contributed by atoms with van der Waals surface area (Å²) < 4.78 is 0. The molecule has 0 aromatic heterocycles. The second kappa shape index (κ2) is 1.58. The molecule has 6 heavy (non-hydrogen) atoms. The van der Waals surface area contributed by atoms with Crippen molar-refractivity contribution < 1.29 is 0 Å². The van der Waals surface area contributed by atoms with Crippen molar-refractivity contribution in [3.8, 4) is 0 Å². The Morgan fingerprint density at radius 2 is 2.17 bits per heavy atom. The minimum atomic E-state index is 0.648. The smallest absolute Gasteiger partial charge is 0.0832 e. The predicted molar refractivity (Wildman–Crippen MR) is 25.0 cm³/mol. The van der Waals surface area contributed by atoms with E-state index in [2.05, 4.69) is 17.8 Å². The molecule has 0 bridgehead atoms. The van der Waals surface area contributed by atoms with Crippen molar-refractivity contribution in [2.75, 3.05) is 0 Å². The monoisotopic (exact) mass is 86.1 g/mol. The number of hydrogen-bond donors (Lipinski definition) is 2. The maximum atomic E-state index is 2.99. The van der Waals surface area contributed by atoms with Crippen LogP contribution in [-0.4, -0.2) is 6.17 Å². The van der Waals surface area contributed by atoms with E-state index in [1.807, 2.05) is 0 Å². The van der Waals surface area contributed by atoms with E-state index in [1.165, 1.54) is 12.8 Å². The van der Waals surface area contributed by atoms with Gasteiger partial charge in [-0.05, 0) is 6.42 Å². The zero-order valence-corrected chi connectivity index (χ0v) is 3.99.